The van der Waals surface area contributed by atoms with Crippen molar-refractivity contribution in [3.8, 4) is 0 Å². The standard InChI is InChI=1S/C20H19N5/c1-2-8-16-15(7-1)20(22-13-21-16)25-11-5-6-14(12-25)19-23-17-9-3-4-10-18(17)24-19/h1-4,7-10,13-14H,5-6,11-12H2,(H,23,24). The molecule has 2 aromatic heterocycles. The first-order valence-electron chi connectivity index (χ1n) is 8.78. The third kappa shape index (κ3) is 2.52. The van der Waals surface area contributed by atoms with Gasteiger partial charge in [-0.25, -0.2) is 15.0 Å². The van der Waals surface area contributed by atoms with Crippen molar-refractivity contribution in [2.45, 2.75) is 18.8 Å². The van der Waals surface area contributed by atoms with Crippen LogP contribution in [-0.2, 0) is 0 Å². The number of anilines is 1. The van der Waals surface area contributed by atoms with E-state index in [0.29, 0.717) is 5.92 Å². The van der Waals surface area contributed by atoms with Crippen LogP contribution in [0, 0.1) is 0 Å². The van der Waals surface area contributed by atoms with Crippen LogP contribution >= 0.6 is 0 Å². The second-order valence-electron chi connectivity index (χ2n) is 6.64. The molecule has 5 nitrogen and oxygen atoms in total. The molecule has 1 aliphatic rings. The van der Waals surface area contributed by atoms with Gasteiger partial charge in [-0.1, -0.05) is 24.3 Å². The van der Waals surface area contributed by atoms with Crippen LogP contribution in [0.25, 0.3) is 21.9 Å². The molecule has 0 amide bonds. The minimum absolute atomic E-state index is 0.398. The van der Waals surface area contributed by atoms with Crippen molar-refractivity contribution >= 4 is 27.8 Å². The normalized spacial score (nSPS) is 18.1. The van der Waals surface area contributed by atoms with Gasteiger partial charge in [-0.15, -0.1) is 0 Å². The quantitative estimate of drug-likeness (QED) is 0.606. The van der Waals surface area contributed by atoms with Gasteiger partial charge in [-0.3, -0.25) is 0 Å². The summed E-state index contributed by atoms with van der Waals surface area (Å²) in [6.45, 7) is 1.96. The Morgan fingerprint density at radius 1 is 0.960 bits per heavy atom. The molecule has 1 atom stereocenters. The minimum Gasteiger partial charge on any atom is -0.355 e. The number of imidazole rings is 1. The van der Waals surface area contributed by atoms with Crippen LogP contribution in [0.5, 0.6) is 0 Å². The molecule has 124 valence electrons. The Kier molecular flexibility index (Phi) is 3.37. The van der Waals surface area contributed by atoms with E-state index in [1.165, 1.54) is 0 Å². The van der Waals surface area contributed by atoms with Crippen molar-refractivity contribution < 1.29 is 0 Å². The van der Waals surface area contributed by atoms with Crippen LogP contribution in [0.15, 0.2) is 54.9 Å². The first-order valence-corrected chi connectivity index (χ1v) is 8.78. The number of fused-ring (bicyclic) bond motifs is 2. The number of nitrogens with one attached hydrogen (secondary N) is 1. The zero-order valence-corrected chi connectivity index (χ0v) is 13.9. The van der Waals surface area contributed by atoms with Gasteiger partial charge < -0.3 is 9.88 Å². The number of rotatable bonds is 2. The van der Waals surface area contributed by atoms with Crippen molar-refractivity contribution in [3.05, 3.63) is 60.7 Å². The van der Waals surface area contributed by atoms with E-state index in [-0.39, 0.29) is 0 Å². The highest BCUT2D eigenvalue weighted by Crippen LogP contribution is 2.31. The van der Waals surface area contributed by atoms with E-state index in [1.54, 1.807) is 6.33 Å². The smallest absolute Gasteiger partial charge is 0.139 e. The van der Waals surface area contributed by atoms with E-state index in [4.69, 9.17) is 4.98 Å². The Balaban J connectivity index is 1.49. The zero-order valence-electron chi connectivity index (χ0n) is 13.9. The number of para-hydroxylation sites is 3. The maximum atomic E-state index is 4.81. The monoisotopic (exact) mass is 329 g/mol. The average molecular weight is 329 g/mol. The van der Waals surface area contributed by atoms with Gasteiger partial charge in [-0.05, 0) is 37.1 Å². The molecule has 0 spiro atoms. The van der Waals surface area contributed by atoms with E-state index >= 15 is 0 Å². The average Bonchev–Trinajstić information content (AvgIpc) is 3.12. The molecule has 5 rings (SSSR count). The lowest BCUT2D eigenvalue weighted by Crippen LogP contribution is -2.35. The molecule has 0 bridgehead atoms. The molecule has 3 heterocycles. The van der Waals surface area contributed by atoms with Crippen molar-refractivity contribution in [2.75, 3.05) is 18.0 Å². The third-order valence-electron chi connectivity index (χ3n) is 5.04. The van der Waals surface area contributed by atoms with Gasteiger partial charge in [0.25, 0.3) is 0 Å². The molecule has 5 heteroatoms. The maximum Gasteiger partial charge on any atom is 0.139 e. The fourth-order valence-corrected chi connectivity index (χ4v) is 3.80. The van der Waals surface area contributed by atoms with Gasteiger partial charge >= 0.3 is 0 Å². The molecule has 0 aliphatic carbocycles. The minimum atomic E-state index is 0.398. The summed E-state index contributed by atoms with van der Waals surface area (Å²) in [6, 6.07) is 16.5. The first kappa shape index (κ1) is 14.4. The Labute approximate surface area is 145 Å². The number of benzene rings is 2. The van der Waals surface area contributed by atoms with Crippen molar-refractivity contribution in [1.82, 2.24) is 19.9 Å². The molecule has 25 heavy (non-hydrogen) atoms. The molecular formula is C20H19N5. The molecule has 1 fully saturated rings. The summed E-state index contributed by atoms with van der Waals surface area (Å²) < 4.78 is 0. The van der Waals surface area contributed by atoms with Crippen LogP contribution in [0.3, 0.4) is 0 Å². The predicted octanol–water partition coefficient (Wildman–Crippen LogP) is 3.89. The molecule has 1 N–H and O–H groups in total. The lowest BCUT2D eigenvalue weighted by Gasteiger charge is -2.33. The highest BCUT2D eigenvalue weighted by atomic mass is 15.2. The van der Waals surface area contributed by atoms with Crippen molar-refractivity contribution in [2.24, 2.45) is 0 Å². The summed E-state index contributed by atoms with van der Waals surface area (Å²) in [5.41, 5.74) is 3.16. The van der Waals surface area contributed by atoms with E-state index in [0.717, 1.165) is 59.5 Å². The van der Waals surface area contributed by atoms with E-state index in [1.807, 2.05) is 24.3 Å². The molecule has 2 aromatic carbocycles. The van der Waals surface area contributed by atoms with Crippen LogP contribution in [-0.4, -0.2) is 33.0 Å². The maximum absolute atomic E-state index is 4.81. The summed E-state index contributed by atoms with van der Waals surface area (Å²) in [4.78, 5) is 19.7. The number of aromatic amines is 1. The SMILES string of the molecule is c1ccc2[nH]c(C3CCCN(c4ncnc5ccccc45)C3)nc2c1. The van der Waals surface area contributed by atoms with Gasteiger partial charge in [-0.2, -0.15) is 0 Å². The van der Waals surface area contributed by atoms with Crippen LogP contribution < -0.4 is 4.90 Å². The van der Waals surface area contributed by atoms with Gasteiger partial charge in [0.05, 0.1) is 16.6 Å². The van der Waals surface area contributed by atoms with Crippen LogP contribution in [0.4, 0.5) is 5.82 Å². The molecule has 0 saturated carbocycles. The second kappa shape index (κ2) is 5.84. The lowest BCUT2D eigenvalue weighted by molar-refractivity contribution is 0.493. The molecule has 0 radical (unpaired) electrons. The first-order chi connectivity index (χ1) is 12.4. The number of piperidine rings is 1. The fraction of sp³-hybridized carbons (Fsp3) is 0.250. The predicted molar refractivity (Wildman–Crippen MR) is 99.8 cm³/mol. The van der Waals surface area contributed by atoms with Gasteiger partial charge in [0.2, 0.25) is 0 Å². The molecular weight excluding hydrogens is 310 g/mol. The van der Waals surface area contributed by atoms with Gasteiger partial charge in [0.1, 0.15) is 18.0 Å². The van der Waals surface area contributed by atoms with Gasteiger partial charge in [0.15, 0.2) is 0 Å². The summed E-state index contributed by atoms with van der Waals surface area (Å²) >= 11 is 0. The Bertz CT molecular complexity index is 1000. The summed E-state index contributed by atoms with van der Waals surface area (Å²) in [5, 5.41) is 1.12. The fourth-order valence-electron chi connectivity index (χ4n) is 3.80. The third-order valence-corrected chi connectivity index (χ3v) is 5.04. The largest absolute Gasteiger partial charge is 0.355 e. The number of H-pyrrole nitrogens is 1. The molecule has 1 unspecified atom stereocenters. The number of hydrogen-bond donors (Lipinski definition) is 1. The van der Waals surface area contributed by atoms with E-state index in [9.17, 15) is 0 Å². The number of nitrogens with zero attached hydrogens (tertiary/aromatic N) is 4. The Hall–Kier alpha value is -2.95. The molecule has 4 aromatic rings. The van der Waals surface area contributed by atoms with Crippen LogP contribution in [0.1, 0.15) is 24.6 Å². The highest BCUT2D eigenvalue weighted by molar-refractivity contribution is 5.89. The summed E-state index contributed by atoms with van der Waals surface area (Å²) in [6.07, 6.45) is 3.96. The lowest BCUT2D eigenvalue weighted by atomic mass is 9.97. The van der Waals surface area contributed by atoms with E-state index in [2.05, 4.69) is 44.1 Å². The molecule has 1 aliphatic heterocycles. The molecule has 1 saturated heterocycles. The summed E-state index contributed by atoms with van der Waals surface area (Å²) in [5.74, 6) is 2.52. The second-order valence-corrected chi connectivity index (χ2v) is 6.64. The summed E-state index contributed by atoms with van der Waals surface area (Å²) in [7, 11) is 0. The Morgan fingerprint density at radius 2 is 1.80 bits per heavy atom. The topological polar surface area (TPSA) is 57.7 Å². The van der Waals surface area contributed by atoms with Crippen LogP contribution in [0.2, 0.25) is 0 Å². The number of hydrogen-bond acceptors (Lipinski definition) is 4. The highest BCUT2D eigenvalue weighted by Gasteiger charge is 2.25. The van der Waals surface area contributed by atoms with Gasteiger partial charge in [0, 0.05) is 24.4 Å². The number of aromatic nitrogens is 4. The van der Waals surface area contributed by atoms with Crippen molar-refractivity contribution in [3.63, 3.8) is 0 Å². The van der Waals surface area contributed by atoms with Crippen molar-refractivity contribution in [1.29, 1.82) is 0 Å². The Morgan fingerprint density at radius 3 is 2.72 bits per heavy atom. The zero-order chi connectivity index (χ0) is 16.6. The van der Waals surface area contributed by atoms with E-state index < -0.39 is 0 Å².